The molecule has 0 aliphatic carbocycles. The van der Waals surface area contributed by atoms with Crippen LogP contribution in [0.1, 0.15) is 11.3 Å². The van der Waals surface area contributed by atoms with E-state index in [1.54, 1.807) is 14.2 Å². The van der Waals surface area contributed by atoms with Gasteiger partial charge < -0.3 is 19.4 Å². The molecule has 0 bridgehead atoms. The SMILES string of the molecule is COc1cc(OC)c2c3c(n(C)c2c1)CNCC3. The number of hydrogen-bond donors (Lipinski definition) is 1. The van der Waals surface area contributed by atoms with Crippen LogP contribution in [0.4, 0.5) is 0 Å². The second-order valence-electron chi connectivity index (χ2n) is 4.63. The molecule has 0 radical (unpaired) electrons. The average Bonchev–Trinajstić information content (AvgIpc) is 2.72. The van der Waals surface area contributed by atoms with E-state index in [1.165, 1.54) is 22.2 Å². The van der Waals surface area contributed by atoms with E-state index in [-0.39, 0.29) is 0 Å². The summed E-state index contributed by atoms with van der Waals surface area (Å²) in [5.41, 5.74) is 3.94. The second-order valence-corrected chi connectivity index (χ2v) is 4.63. The first kappa shape index (κ1) is 11.4. The molecular weight excluding hydrogens is 228 g/mol. The molecule has 3 rings (SSSR count). The number of methoxy groups -OCH3 is 2. The minimum absolute atomic E-state index is 0.838. The lowest BCUT2D eigenvalue weighted by atomic mass is 10.0. The van der Waals surface area contributed by atoms with Crippen LogP contribution in [-0.2, 0) is 20.0 Å². The first-order valence-electron chi connectivity index (χ1n) is 6.19. The van der Waals surface area contributed by atoms with E-state index < -0.39 is 0 Å². The van der Waals surface area contributed by atoms with Gasteiger partial charge in [-0.15, -0.1) is 0 Å². The Bertz CT molecular complexity index is 602. The molecule has 1 aromatic heterocycles. The fourth-order valence-corrected chi connectivity index (χ4v) is 2.83. The zero-order valence-corrected chi connectivity index (χ0v) is 11.0. The van der Waals surface area contributed by atoms with Crippen LogP contribution in [0, 0.1) is 0 Å². The fourth-order valence-electron chi connectivity index (χ4n) is 2.83. The van der Waals surface area contributed by atoms with E-state index in [2.05, 4.69) is 23.0 Å². The first-order chi connectivity index (χ1) is 8.76. The number of aryl methyl sites for hydroxylation is 1. The summed E-state index contributed by atoms with van der Waals surface area (Å²) in [6.07, 6.45) is 1.05. The molecule has 2 heterocycles. The Hall–Kier alpha value is -1.68. The van der Waals surface area contributed by atoms with Gasteiger partial charge >= 0.3 is 0 Å². The first-order valence-corrected chi connectivity index (χ1v) is 6.19. The number of fused-ring (bicyclic) bond motifs is 3. The Morgan fingerprint density at radius 3 is 2.78 bits per heavy atom. The minimum atomic E-state index is 0.838. The van der Waals surface area contributed by atoms with Gasteiger partial charge in [-0.1, -0.05) is 0 Å². The van der Waals surface area contributed by atoms with Crippen LogP contribution in [0.2, 0.25) is 0 Å². The number of rotatable bonds is 2. The molecule has 0 unspecified atom stereocenters. The third kappa shape index (κ3) is 1.49. The summed E-state index contributed by atoms with van der Waals surface area (Å²) >= 11 is 0. The lowest BCUT2D eigenvalue weighted by Gasteiger charge is -2.15. The topological polar surface area (TPSA) is 35.4 Å². The highest BCUT2D eigenvalue weighted by atomic mass is 16.5. The van der Waals surface area contributed by atoms with Crippen LogP contribution in [0.5, 0.6) is 11.5 Å². The highest BCUT2D eigenvalue weighted by Gasteiger charge is 2.21. The number of aromatic nitrogens is 1. The van der Waals surface area contributed by atoms with Gasteiger partial charge in [-0.3, -0.25) is 0 Å². The van der Waals surface area contributed by atoms with E-state index >= 15 is 0 Å². The van der Waals surface area contributed by atoms with Crippen LogP contribution >= 0.6 is 0 Å². The van der Waals surface area contributed by atoms with E-state index in [0.29, 0.717) is 0 Å². The van der Waals surface area contributed by atoms with Crippen LogP contribution in [0.3, 0.4) is 0 Å². The van der Waals surface area contributed by atoms with Crippen LogP contribution < -0.4 is 14.8 Å². The molecule has 4 heteroatoms. The molecular formula is C14H18N2O2. The molecule has 18 heavy (non-hydrogen) atoms. The maximum Gasteiger partial charge on any atom is 0.132 e. The zero-order chi connectivity index (χ0) is 12.7. The molecule has 0 amide bonds. The molecule has 1 aliphatic rings. The summed E-state index contributed by atoms with van der Waals surface area (Å²) in [6.45, 7) is 1.95. The van der Waals surface area contributed by atoms with Crippen molar-refractivity contribution in [3.05, 3.63) is 23.4 Å². The van der Waals surface area contributed by atoms with Crippen molar-refractivity contribution in [2.75, 3.05) is 20.8 Å². The van der Waals surface area contributed by atoms with E-state index in [4.69, 9.17) is 9.47 Å². The van der Waals surface area contributed by atoms with Gasteiger partial charge in [0.05, 0.1) is 19.7 Å². The molecule has 1 aliphatic heterocycles. The van der Waals surface area contributed by atoms with Gasteiger partial charge in [0.25, 0.3) is 0 Å². The van der Waals surface area contributed by atoms with Crippen molar-refractivity contribution < 1.29 is 9.47 Å². The Balaban J connectivity index is 2.37. The van der Waals surface area contributed by atoms with Crippen molar-refractivity contribution in [3.8, 4) is 11.5 Å². The lowest BCUT2D eigenvalue weighted by molar-refractivity contribution is 0.397. The molecule has 2 aromatic rings. The summed E-state index contributed by atoms with van der Waals surface area (Å²) in [4.78, 5) is 0. The molecule has 1 aromatic carbocycles. The predicted octanol–water partition coefficient (Wildman–Crippen LogP) is 1.84. The van der Waals surface area contributed by atoms with Gasteiger partial charge in [0.2, 0.25) is 0 Å². The monoisotopic (exact) mass is 246 g/mol. The Morgan fingerprint density at radius 2 is 2.06 bits per heavy atom. The molecule has 0 saturated carbocycles. The summed E-state index contributed by atoms with van der Waals surface area (Å²) < 4.78 is 13.1. The van der Waals surface area contributed by atoms with Gasteiger partial charge in [0.15, 0.2) is 0 Å². The highest BCUT2D eigenvalue weighted by Crippen LogP contribution is 2.37. The van der Waals surface area contributed by atoms with E-state index in [0.717, 1.165) is 31.0 Å². The van der Waals surface area contributed by atoms with Crippen molar-refractivity contribution in [1.29, 1.82) is 0 Å². The van der Waals surface area contributed by atoms with Gasteiger partial charge in [-0.25, -0.2) is 0 Å². The van der Waals surface area contributed by atoms with Crippen LogP contribution in [-0.4, -0.2) is 25.3 Å². The summed E-state index contributed by atoms with van der Waals surface area (Å²) in [5, 5.41) is 4.65. The van der Waals surface area contributed by atoms with Gasteiger partial charge in [0.1, 0.15) is 11.5 Å². The summed E-state index contributed by atoms with van der Waals surface area (Å²) in [6, 6.07) is 4.04. The number of ether oxygens (including phenoxy) is 2. The Morgan fingerprint density at radius 1 is 1.22 bits per heavy atom. The van der Waals surface area contributed by atoms with Crippen molar-refractivity contribution >= 4 is 10.9 Å². The Labute approximate surface area is 106 Å². The number of hydrogen-bond acceptors (Lipinski definition) is 3. The maximum atomic E-state index is 5.54. The van der Waals surface area contributed by atoms with Crippen molar-refractivity contribution in [1.82, 2.24) is 9.88 Å². The molecule has 1 N–H and O–H groups in total. The number of nitrogens with zero attached hydrogens (tertiary/aromatic N) is 1. The van der Waals surface area contributed by atoms with Crippen LogP contribution in [0.25, 0.3) is 10.9 Å². The molecule has 0 spiro atoms. The Kier molecular flexibility index (Phi) is 2.67. The normalized spacial score (nSPS) is 14.6. The molecule has 0 atom stereocenters. The summed E-state index contributed by atoms with van der Waals surface area (Å²) in [5.74, 6) is 1.74. The van der Waals surface area contributed by atoms with Crippen LogP contribution in [0.15, 0.2) is 12.1 Å². The lowest BCUT2D eigenvalue weighted by Crippen LogP contribution is -2.24. The molecule has 0 fully saturated rings. The average molecular weight is 246 g/mol. The second kappa shape index (κ2) is 4.21. The smallest absolute Gasteiger partial charge is 0.132 e. The molecule has 4 nitrogen and oxygen atoms in total. The summed E-state index contributed by atoms with van der Waals surface area (Å²) in [7, 11) is 5.51. The third-order valence-corrected chi connectivity index (χ3v) is 3.77. The van der Waals surface area contributed by atoms with E-state index in [1.807, 2.05) is 6.07 Å². The predicted molar refractivity (Wildman–Crippen MR) is 71.4 cm³/mol. The standard InChI is InChI=1S/C14H18N2O2/c1-16-11-6-9(17-2)7-13(18-3)14(11)10-4-5-15-8-12(10)16/h6-7,15H,4-5,8H2,1-3H3. The maximum absolute atomic E-state index is 5.54. The van der Waals surface area contributed by atoms with Crippen molar-refractivity contribution in [3.63, 3.8) is 0 Å². The largest absolute Gasteiger partial charge is 0.497 e. The van der Waals surface area contributed by atoms with Gasteiger partial charge in [0, 0.05) is 36.8 Å². The fraction of sp³-hybridized carbons (Fsp3) is 0.429. The third-order valence-electron chi connectivity index (χ3n) is 3.77. The number of nitrogens with one attached hydrogen (secondary N) is 1. The van der Waals surface area contributed by atoms with Gasteiger partial charge in [-0.2, -0.15) is 0 Å². The molecule has 96 valence electrons. The van der Waals surface area contributed by atoms with Crippen molar-refractivity contribution in [2.24, 2.45) is 7.05 Å². The van der Waals surface area contributed by atoms with E-state index in [9.17, 15) is 0 Å². The molecule has 0 saturated heterocycles. The number of benzene rings is 1. The quantitative estimate of drug-likeness (QED) is 0.878. The van der Waals surface area contributed by atoms with Gasteiger partial charge in [-0.05, 0) is 18.5 Å². The highest BCUT2D eigenvalue weighted by molar-refractivity contribution is 5.92. The zero-order valence-electron chi connectivity index (χ0n) is 11.0. The minimum Gasteiger partial charge on any atom is -0.497 e. The van der Waals surface area contributed by atoms with Crippen molar-refractivity contribution in [2.45, 2.75) is 13.0 Å².